The molecule has 0 fully saturated rings. The summed E-state index contributed by atoms with van der Waals surface area (Å²) in [6.45, 7) is 1.90. The Morgan fingerprint density at radius 2 is 1.85 bits per heavy atom. The van der Waals surface area contributed by atoms with Crippen molar-refractivity contribution in [3.05, 3.63) is 92.3 Å². The number of para-hydroxylation sites is 1. The molecule has 3 aromatic heterocycles. The molecule has 1 unspecified atom stereocenters. The van der Waals surface area contributed by atoms with Crippen LogP contribution >= 0.6 is 23.4 Å². The number of anilines is 1. The van der Waals surface area contributed by atoms with Gasteiger partial charge < -0.3 is 10.3 Å². The van der Waals surface area contributed by atoms with Gasteiger partial charge in [0.05, 0.1) is 22.8 Å². The van der Waals surface area contributed by atoms with Gasteiger partial charge >= 0.3 is 0 Å². The van der Waals surface area contributed by atoms with E-state index in [9.17, 15) is 9.59 Å². The Morgan fingerprint density at radius 3 is 2.62 bits per heavy atom. The first-order valence-electron chi connectivity index (χ1n) is 10.4. The topological polar surface area (TPSA) is 106 Å². The lowest BCUT2D eigenvalue weighted by Crippen LogP contribution is -2.26. The number of hydrogen-bond donors (Lipinski definition) is 2. The highest BCUT2D eigenvalue weighted by Gasteiger charge is 2.20. The van der Waals surface area contributed by atoms with Crippen LogP contribution in [0.15, 0.2) is 75.7 Å². The molecule has 34 heavy (non-hydrogen) atoms. The average Bonchev–Trinajstić information content (AvgIpc) is 2.84. The molecule has 0 saturated carbocycles. The van der Waals surface area contributed by atoms with Crippen molar-refractivity contribution in [3.63, 3.8) is 0 Å². The third-order valence-electron chi connectivity index (χ3n) is 5.50. The van der Waals surface area contributed by atoms with Gasteiger partial charge in [0, 0.05) is 11.4 Å². The maximum absolute atomic E-state index is 13.7. The zero-order valence-corrected chi connectivity index (χ0v) is 19.8. The van der Waals surface area contributed by atoms with Crippen molar-refractivity contribution < 1.29 is 0 Å². The van der Waals surface area contributed by atoms with Gasteiger partial charge in [0.15, 0.2) is 10.8 Å². The van der Waals surface area contributed by atoms with Crippen molar-refractivity contribution in [2.45, 2.75) is 18.1 Å². The summed E-state index contributed by atoms with van der Waals surface area (Å²) in [5.74, 6) is 0.342. The lowest BCUT2D eigenvalue weighted by molar-refractivity contribution is 0.770. The van der Waals surface area contributed by atoms with Gasteiger partial charge in [-0.3, -0.25) is 14.2 Å². The average molecular weight is 491 g/mol. The molecule has 0 amide bonds. The number of H-pyrrole nitrogens is 1. The number of hydrogen-bond acceptors (Lipinski definition) is 7. The van der Waals surface area contributed by atoms with E-state index in [0.717, 1.165) is 5.39 Å². The minimum absolute atomic E-state index is 0.227. The number of fused-ring (bicyclic) bond motifs is 2. The number of nitrogens with one attached hydrogen (secondary N) is 2. The van der Waals surface area contributed by atoms with Gasteiger partial charge in [-0.1, -0.05) is 53.7 Å². The second-order valence-electron chi connectivity index (χ2n) is 7.61. The minimum Gasteiger partial charge on any atom is -0.361 e. The Kier molecular flexibility index (Phi) is 5.80. The Balaban J connectivity index is 1.73. The number of benzene rings is 2. The summed E-state index contributed by atoms with van der Waals surface area (Å²) in [7, 11) is 0. The molecule has 5 rings (SSSR count). The van der Waals surface area contributed by atoms with Crippen molar-refractivity contribution in [1.82, 2.24) is 24.5 Å². The van der Waals surface area contributed by atoms with E-state index < -0.39 is 11.6 Å². The molecule has 5 aromatic rings. The predicted molar refractivity (Wildman–Crippen MR) is 136 cm³/mol. The molecule has 0 aliphatic heterocycles. The minimum atomic E-state index is -0.443. The molecule has 2 N–H and O–H groups in total. The van der Waals surface area contributed by atoms with Gasteiger partial charge in [-0.25, -0.2) is 9.97 Å². The normalized spacial score (nSPS) is 12.2. The van der Waals surface area contributed by atoms with Gasteiger partial charge in [-0.05, 0) is 42.8 Å². The first-order valence-corrected chi connectivity index (χ1v) is 12.0. The van der Waals surface area contributed by atoms with Gasteiger partial charge in [0.2, 0.25) is 0 Å². The third kappa shape index (κ3) is 3.82. The first kappa shape index (κ1) is 22.1. The number of aromatic nitrogens is 5. The highest BCUT2D eigenvalue weighted by Crippen LogP contribution is 2.28. The maximum atomic E-state index is 13.7. The molecule has 170 valence electrons. The van der Waals surface area contributed by atoms with Crippen LogP contribution in [-0.2, 0) is 0 Å². The molecule has 2 aromatic carbocycles. The Bertz CT molecular complexity index is 1650. The Morgan fingerprint density at radius 1 is 1.06 bits per heavy atom. The van der Waals surface area contributed by atoms with Crippen LogP contribution in [0.3, 0.4) is 0 Å². The summed E-state index contributed by atoms with van der Waals surface area (Å²) in [4.78, 5) is 41.8. The molecule has 0 saturated heterocycles. The molecule has 0 aliphatic rings. The smallest absolute Gasteiger partial charge is 0.285 e. The zero-order valence-electron chi connectivity index (χ0n) is 18.2. The largest absolute Gasteiger partial charge is 0.361 e. The van der Waals surface area contributed by atoms with Crippen molar-refractivity contribution in [3.8, 4) is 5.69 Å². The molecule has 8 nitrogen and oxygen atoms in total. The standard InChI is InChI=1S/C24H19ClN6O2S/c1-13(28-21-19-20(26-12-27-22(19)32)29-24(30-21)34-2)17-11-14-7-6-10-16(25)18(14)23(33)31(17)15-8-4-3-5-9-15/h3-13H,1-2H3,(H2,26,27,28,29,30,32). The molecular weight excluding hydrogens is 472 g/mol. The van der Waals surface area contributed by atoms with Crippen molar-refractivity contribution in [2.75, 3.05) is 11.6 Å². The van der Waals surface area contributed by atoms with Crippen LogP contribution in [0, 0.1) is 0 Å². The van der Waals surface area contributed by atoms with Crippen LogP contribution in [0.25, 0.3) is 27.5 Å². The van der Waals surface area contributed by atoms with Crippen LogP contribution in [0.2, 0.25) is 5.02 Å². The summed E-state index contributed by atoms with van der Waals surface area (Å²) < 4.78 is 1.63. The molecule has 10 heteroatoms. The highest BCUT2D eigenvalue weighted by atomic mass is 35.5. The molecule has 0 bridgehead atoms. The summed E-state index contributed by atoms with van der Waals surface area (Å²) in [5, 5.41) is 5.63. The molecule has 0 spiro atoms. The van der Waals surface area contributed by atoms with E-state index in [2.05, 4.69) is 25.3 Å². The summed E-state index contributed by atoms with van der Waals surface area (Å²) in [6.07, 6.45) is 3.17. The monoisotopic (exact) mass is 490 g/mol. The van der Waals surface area contributed by atoms with E-state index >= 15 is 0 Å². The number of rotatable bonds is 5. The lowest BCUT2D eigenvalue weighted by Gasteiger charge is -2.22. The third-order valence-corrected chi connectivity index (χ3v) is 6.37. The van der Waals surface area contributed by atoms with Crippen LogP contribution in [-0.4, -0.2) is 30.8 Å². The quantitative estimate of drug-likeness (QED) is 0.274. The van der Waals surface area contributed by atoms with Crippen LogP contribution < -0.4 is 16.4 Å². The molecule has 0 radical (unpaired) electrons. The van der Waals surface area contributed by atoms with E-state index in [1.807, 2.05) is 61.7 Å². The fourth-order valence-corrected chi connectivity index (χ4v) is 4.57. The van der Waals surface area contributed by atoms with Crippen LogP contribution in [0.1, 0.15) is 18.7 Å². The van der Waals surface area contributed by atoms with E-state index in [0.29, 0.717) is 38.4 Å². The fraction of sp³-hybridized carbons (Fsp3) is 0.125. The number of aromatic amines is 1. The Hall–Kier alpha value is -3.69. The summed E-state index contributed by atoms with van der Waals surface area (Å²) in [5.41, 5.74) is 1.11. The molecule has 0 aliphatic carbocycles. The van der Waals surface area contributed by atoms with Gasteiger partial charge in [-0.2, -0.15) is 4.98 Å². The van der Waals surface area contributed by atoms with Crippen molar-refractivity contribution in [2.24, 2.45) is 0 Å². The molecule has 3 heterocycles. The van der Waals surface area contributed by atoms with Gasteiger partial charge in [-0.15, -0.1) is 0 Å². The fourth-order valence-electron chi connectivity index (χ4n) is 3.94. The number of nitrogens with zero attached hydrogens (tertiary/aromatic N) is 4. The van der Waals surface area contributed by atoms with E-state index in [4.69, 9.17) is 11.6 Å². The number of thioether (sulfide) groups is 1. The Labute approximate surface area is 203 Å². The second-order valence-corrected chi connectivity index (χ2v) is 8.79. The van der Waals surface area contributed by atoms with Crippen molar-refractivity contribution in [1.29, 1.82) is 0 Å². The zero-order chi connectivity index (χ0) is 23.8. The molecule has 1 atom stereocenters. The molecular formula is C24H19ClN6O2S. The van der Waals surface area contributed by atoms with Crippen molar-refractivity contribution >= 4 is 51.0 Å². The number of pyridine rings is 1. The predicted octanol–water partition coefficient (Wildman–Crippen LogP) is 4.57. The SMILES string of the molecule is CSc1nc(NC(C)c2cc3cccc(Cl)c3c(=O)n2-c2ccccc2)c2c(=O)nc[nH]c2n1. The second kappa shape index (κ2) is 8.92. The van der Waals surface area contributed by atoms with E-state index in [-0.39, 0.29) is 10.9 Å². The van der Waals surface area contributed by atoms with Gasteiger partial charge in [0.1, 0.15) is 11.2 Å². The summed E-state index contributed by atoms with van der Waals surface area (Å²) >= 11 is 7.76. The lowest BCUT2D eigenvalue weighted by atomic mass is 10.1. The van der Waals surface area contributed by atoms with E-state index in [1.165, 1.54) is 18.1 Å². The first-order chi connectivity index (χ1) is 16.5. The number of halogens is 1. The van der Waals surface area contributed by atoms with Crippen LogP contribution in [0.5, 0.6) is 0 Å². The summed E-state index contributed by atoms with van der Waals surface area (Å²) in [6, 6.07) is 16.2. The van der Waals surface area contributed by atoms with Gasteiger partial charge in [0.25, 0.3) is 11.1 Å². The van der Waals surface area contributed by atoms with Crippen LogP contribution in [0.4, 0.5) is 5.82 Å². The highest BCUT2D eigenvalue weighted by molar-refractivity contribution is 7.98. The maximum Gasteiger partial charge on any atom is 0.285 e. The van der Waals surface area contributed by atoms with E-state index in [1.54, 1.807) is 10.6 Å².